The van der Waals surface area contributed by atoms with Crippen molar-refractivity contribution in [3.8, 4) is 0 Å². The lowest BCUT2D eigenvalue weighted by atomic mass is 10.1. The third kappa shape index (κ3) is 22.4. The molecule has 8 aliphatic rings. The number of ether oxygens (including phenoxy) is 6. The van der Waals surface area contributed by atoms with Crippen molar-refractivity contribution in [2.24, 2.45) is 11.0 Å². The lowest BCUT2D eigenvalue weighted by molar-refractivity contribution is -0.0271. The number of H-pyrrole nitrogens is 3. The predicted octanol–water partition coefficient (Wildman–Crippen LogP) is -1.58. The number of nitrogens with one attached hydrogen (secondary N) is 4. The number of rotatable bonds is 17. The van der Waals surface area contributed by atoms with Gasteiger partial charge in [-0.1, -0.05) is 23.3 Å². The number of imidazole rings is 2. The molecule has 17 rings (SSSR count). The van der Waals surface area contributed by atoms with Gasteiger partial charge in [0, 0.05) is 77.3 Å². The summed E-state index contributed by atoms with van der Waals surface area (Å²) in [4.78, 5) is 133. The monoisotopic (exact) mass is 1700 g/mol. The highest BCUT2D eigenvalue weighted by atomic mass is 32.2. The van der Waals surface area contributed by atoms with Crippen LogP contribution in [-0.4, -0.2) is 228 Å². The zero-order chi connectivity index (χ0) is 85.3. The van der Waals surface area contributed by atoms with Gasteiger partial charge in [-0.3, -0.25) is 51.8 Å². The largest absolute Gasteiger partial charge is 0.396 e. The Hall–Kier alpha value is -11.2. The van der Waals surface area contributed by atoms with E-state index in [9.17, 15) is 47.9 Å². The number of aryl methyl sites for hydroxylation is 2. The van der Waals surface area contributed by atoms with Gasteiger partial charge in [0.05, 0.1) is 95.2 Å². The van der Waals surface area contributed by atoms with Gasteiger partial charge in [0.2, 0.25) is 5.95 Å². The van der Waals surface area contributed by atoms with Crippen LogP contribution in [-0.2, 0) is 28.4 Å². The second-order valence-electron chi connectivity index (χ2n) is 27.5. The highest BCUT2D eigenvalue weighted by Crippen LogP contribution is 2.36. The molecule has 0 spiro atoms. The van der Waals surface area contributed by atoms with Gasteiger partial charge < -0.3 is 102 Å². The number of aliphatic hydroxyl groups is 7. The van der Waals surface area contributed by atoms with Crippen molar-refractivity contribution < 1.29 is 68.6 Å². The van der Waals surface area contributed by atoms with E-state index in [2.05, 4.69) is 76.2 Å². The highest BCUT2D eigenvalue weighted by molar-refractivity contribution is 8.00. The number of anilines is 5. The Kier molecular flexibility index (Phi) is 30.5. The zero-order valence-corrected chi connectivity index (χ0v) is 65.4. The number of aromatic amines is 3. The molecular weight excluding hydrogens is 1610 g/mol. The van der Waals surface area contributed by atoms with E-state index in [4.69, 9.17) is 87.5 Å². The first-order valence-corrected chi connectivity index (χ1v) is 39.2. The summed E-state index contributed by atoms with van der Waals surface area (Å²) in [5, 5.41) is 69.8. The van der Waals surface area contributed by atoms with Crippen LogP contribution < -0.4 is 73.4 Å². The van der Waals surface area contributed by atoms with Crippen molar-refractivity contribution in [3.05, 3.63) is 197 Å². The molecule has 640 valence electrons. The molecule has 0 aromatic carbocycles. The molecule has 6 aliphatic heterocycles. The summed E-state index contributed by atoms with van der Waals surface area (Å²) in [7, 11) is 0. The first-order chi connectivity index (χ1) is 57.2. The Bertz CT molecular complexity index is 5530. The number of nitrogens with zero attached hydrogens (tertiary/aromatic N) is 18. The number of hydrogen-bond donors (Lipinski definition) is 15. The summed E-state index contributed by atoms with van der Waals surface area (Å²) in [5.74, 6) is 1.47. The van der Waals surface area contributed by atoms with Crippen LogP contribution in [0.15, 0.2) is 130 Å². The summed E-state index contributed by atoms with van der Waals surface area (Å²) in [6, 6.07) is 3.20. The number of halogens is 1. The summed E-state index contributed by atoms with van der Waals surface area (Å²) in [5.41, 5.74) is 28.9. The smallest absolute Gasteiger partial charge is 0.351 e. The fourth-order valence-electron chi connectivity index (χ4n) is 12.8. The van der Waals surface area contributed by atoms with Crippen molar-refractivity contribution in [3.63, 3.8) is 0 Å². The Morgan fingerprint density at radius 1 is 0.555 bits per heavy atom. The normalized spacial score (nSPS) is 25.1. The van der Waals surface area contributed by atoms with Crippen LogP contribution in [0.25, 0.3) is 32.8 Å². The second-order valence-corrected chi connectivity index (χ2v) is 29.9. The lowest BCUT2D eigenvalue weighted by Crippen LogP contribution is -2.33. The molecule has 47 nitrogen and oxygen atoms in total. The van der Waals surface area contributed by atoms with Crippen LogP contribution in [0.5, 0.6) is 0 Å². The minimum atomic E-state index is -0.763. The molecule has 50 heteroatoms. The molecule has 0 bridgehead atoms. The maximum absolute atomic E-state index is 13.1. The molecule has 2 aliphatic carbocycles. The van der Waals surface area contributed by atoms with Gasteiger partial charge in [0.15, 0.2) is 46.0 Å². The molecule has 9 aromatic heterocycles. The van der Waals surface area contributed by atoms with Crippen molar-refractivity contribution in [1.82, 2.24) is 86.8 Å². The summed E-state index contributed by atoms with van der Waals surface area (Å²) in [6.07, 6.45) is 21.4. The fraction of sp³-hybridized carbons (Fsp3) is 0.507. The van der Waals surface area contributed by atoms with E-state index in [0.29, 0.717) is 46.3 Å². The van der Waals surface area contributed by atoms with E-state index in [0.717, 1.165) is 66.3 Å². The van der Waals surface area contributed by atoms with E-state index in [1.807, 2.05) is 10.6 Å². The summed E-state index contributed by atoms with van der Waals surface area (Å²) >= 11 is 2.82. The molecule has 5 saturated heterocycles. The van der Waals surface area contributed by atoms with E-state index in [1.54, 1.807) is 67.7 Å². The number of fused-ring (bicyclic) bond motifs is 2. The molecular formula is C69H89FN26O21S2. The summed E-state index contributed by atoms with van der Waals surface area (Å²) in [6.45, 7) is 2.69. The van der Waals surface area contributed by atoms with Crippen LogP contribution >= 0.6 is 23.5 Å². The molecule has 9 aromatic rings. The number of hydrogen-bond acceptors (Lipinski definition) is 37. The van der Waals surface area contributed by atoms with Crippen molar-refractivity contribution in [2.75, 3.05) is 86.0 Å². The van der Waals surface area contributed by atoms with Gasteiger partial charge in [-0.15, -0.1) is 23.5 Å². The number of allylic oxidation sites excluding steroid dienone is 1. The number of aliphatic hydroxyl groups excluding tert-OH is 7. The molecule has 15 atom stereocenters. The minimum Gasteiger partial charge on any atom is -0.396 e. The zero-order valence-electron chi connectivity index (χ0n) is 63.7. The molecule has 0 amide bonds. The van der Waals surface area contributed by atoms with Crippen molar-refractivity contribution in [2.45, 2.75) is 156 Å². The first kappa shape index (κ1) is 88.6. The number of thioether (sulfide) groups is 2. The van der Waals surface area contributed by atoms with Crippen LogP contribution in [0, 0.1) is 25.6 Å². The quantitative estimate of drug-likeness (QED) is 0.0212. The Labute approximate surface area is 677 Å². The maximum atomic E-state index is 13.1. The number of azide groups is 1. The number of aromatic nitrogens is 18. The third-order valence-electron chi connectivity index (χ3n) is 19.1. The van der Waals surface area contributed by atoms with E-state index < -0.39 is 93.6 Å². The predicted molar refractivity (Wildman–Crippen MR) is 425 cm³/mol. The Morgan fingerprint density at radius 3 is 1.68 bits per heavy atom. The highest BCUT2D eigenvalue weighted by Gasteiger charge is 2.37. The maximum Gasteiger partial charge on any atom is 0.351 e. The fourth-order valence-corrected chi connectivity index (χ4v) is 14.7. The van der Waals surface area contributed by atoms with Gasteiger partial charge in [0.25, 0.3) is 16.7 Å². The molecule has 1 saturated carbocycles. The van der Waals surface area contributed by atoms with Gasteiger partial charge in [-0.2, -0.15) is 24.9 Å². The Morgan fingerprint density at radius 2 is 1.13 bits per heavy atom. The standard InChI is InChI=1S/C14H18N6O.C10H13N5O4.C10H12N4O3.C10H12N2O4.C9H13N3O3.C8H10FN3O3S.C8H11N3O3S/c15-14-18-12(17-9-2-3-9)11-13(19-14)20(7-16-11)10-4-1-8(5-10)6-21;1-5-3-15(10(18)12-9(5)17)8-2-6(13-14-11)7(4-16)19-8;15-3-6-1-2-7(17-6)14-5-13-8-9(14)11-4-12-10(8)16;1-6-4-12(10(15)11-9(6)14)8-3-2-7(5-13)16-8;10-7-3-4-12(9(14)11-7)8-2-1-6(5-13)15-8;9-4-1-12(8(14)11-7(4)10)5-3-16-6(2-13)15-5;9-5-1-2-11(8(13)10-5)6-4-15-7(3-12)14-6/h1,4,7-10,21H,2-3,5-6H2,(H3,15,17,18,19);3,6-8,16H,2,4H2,1H3,(H,12,17,18);4-7,15H,1-3H2,(H,11,12,16);2-4,7-8,13H,5H2,1H3,(H,11,14,15);3-4,6,8,13H,1-2,5H2,(H2,10,11,14);1,5-6,13H,2-3H2,(H2,10,11,14);1-2,6-7,12H,3-4H2,(H2,9,10,13)/t8-,10+;6-,7-,8-;6-,7+;7-,8+;6-,8+;5-,6-;6-,7+/m1100001/s1. The first-order valence-electron chi connectivity index (χ1n) is 37.1. The number of nitrogens with two attached hydrogens (primary N) is 4. The van der Waals surface area contributed by atoms with Crippen LogP contribution in [0.1, 0.15) is 106 Å². The topological polar surface area (TPSA) is 683 Å². The number of nitrogen functional groups attached to an aromatic ring is 4. The second kappa shape index (κ2) is 41.0. The van der Waals surface area contributed by atoms with Gasteiger partial charge >= 0.3 is 28.4 Å². The van der Waals surface area contributed by atoms with Crippen LogP contribution in [0.2, 0.25) is 0 Å². The summed E-state index contributed by atoms with van der Waals surface area (Å²) < 4.78 is 55.8. The van der Waals surface area contributed by atoms with E-state index in [1.165, 1.54) is 60.5 Å². The molecule has 0 unspecified atom stereocenters. The SMILES string of the molecule is Cc1cn([C@H]2C=C[C@@H](CO)O2)c(=O)[nH]c1=O.Cc1cn([C@H]2C[C@@H](N=[N+]=[N-])[C@@H](CO)O2)c(=O)[nH]c1=O.Nc1ccn([C@H]2CC[C@@H](CO)O2)c(=O)n1.Nc1ccn([C@H]2CS[C@@H](CO)O2)c(=O)n1.Nc1nc(=O)n([C@@H]2CS[C@@H](CO)O2)cc1F.Nc1nc(NC2CC2)c2ncn([C@H]3C=C[C@@H](CO)C3)c2n1.O=c1[nH]cnc2c1ncn2[C@H]1CC[C@@H](CO)O1. The average molecular weight is 1700 g/mol. The molecule has 19 N–H and O–H groups in total. The molecule has 119 heavy (non-hydrogen) atoms. The van der Waals surface area contributed by atoms with Crippen LogP contribution in [0.3, 0.4) is 0 Å². The minimum absolute atomic E-state index is 0.0111. The van der Waals surface area contributed by atoms with E-state index in [-0.39, 0.29) is 124 Å². The molecule has 6 fully saturated rings. The average Bonchev–Trinajstić information content (AvgIpc) is 1.63. The third-order valence-corrected chi connectivity index (χ3v) is 21.3. The molecule has 15 heterocycles. The van der Waals surface area contributed by atoms with Gasteiger partial charge in [-0.05, 0) is 82.5 Å². The van der Waals surface area contributed by atoms with Crippen molar-refractivity contribution >= 4 is 75.1 Å². The molecule has 0 radical (unpaired) electrons. The van der Waals surface area contributed by atoms with E-state index >= 15 is 0 Å². The Balaban J connectivity index is 0.000000136. The van der Waals surface area contributed by atoms with Crippen LogP contribution in [0.4, 0.5) is 33.6 Å². The van der Waals surface area contributed by atoms with Crippen molar-refractivity contribution in [1.29, 1.82) is 0 Å². The lowest BCUT2D eigenvalue weighted by Gasteiger charge is -2.14. The van der Waals surface area contributed by atoms with Gasteiger partial charge in [0.1, 0.15) is 59.8 Å². The van der Waals surface area contributed by atoms with Gasteiger partial charge in [-0.25, -0.2) is 43.3 Å².